The normalized spacial score (nSPS) is 29.1. The van der Waals surface area contributed by atoms with Crippen LogP contribution in [0.3, 0.4) is 0 Å². The van der Waals surface area contributed by atoms with Crippen LogP contribution in [-0.2, 0) is 16.0 Å². The van der Waals surface area contributed by atoms with Gasteiger partial charge in [-0.3, -0.25) is 4.79 Å². The Labute approximate surface area is 148 Å². The number of likely N-dealkylation sites (tertiary alicyclic amines) is 1. The molecule has 4 rings (SSSR count). The standard InChI is InChI=1S/C20H25NO4/c22-19(17-12-15-5-6-18(17)25-15)21-9-7-13(8-10-21)11-14-3-1-2-4-16(14)20(23)24/h1-4,13,15,17-18H,5-12H2,(H,23,24). The SMILES string of the molecule is O=C(O)c1ccccc1CC1CCN(C(=O)C2CC3CCC2O3)CC1. The Kier molecular flexibility index (Phi) is 4.50. The van der Waals surface area contributed by atoms with Gasteiger partial charge < -0.3 is 14.7 Å². The molecule has 5 nitrogen and oxygen atoms in total. The van der Waals surface area contributed by atoms with E-state index in [2.05, 4.69) is 0 Å². The Morgan fingerprint density at radius 1 is 1.12 bits per heavy atom. The molecule has 0 aromatic heterocycles. The van der Waals surface area contributed by atoms with Crippen molar-refractivity contribution in [1.29, 1.82) is 0 Å². The second-order valence-electron chi connectivity index (χ2n) is 7.65. The number of piperidine rings is 1. The topological polar surface area (TPSA) is 66.8 Å². The van der Waals surface area contributed by atoms with Crippen molar-refractivity contribution in [2.75, 3.05) is 13.1 Å². The summed E-state index contributed by atoms with van der Waals surface area (Å²) in [5, 5.41) is 9.32. The van der Waals surface area contributed by atoms with Crippen LogP contribution < -0.4 is 0 Å². The first-order valence-electron chi connectivity index (χ1n) is 9.37. The van der Waals surface area contributed by atoms with Crippen LogP contribution >= 0.6 is 0 Å². The molecule has 2 bridgehead atoms. The van der Waals surface area contributed by atoms with E-state index in [1.165, 1.54) is 0 Å². The van der Waals surface area contributed by atoms with Gasteiger partial charge in [0.2, 0.25) is 5.91 Å². The Bertz CT molecular complexity index is 665. The summed E-state index contributed by atoms with van der Waals surface area (Å²) >= 11 is 0. The zero-order valence-corrected chi connectivity index (χ0v) is 14.4. The second kappa shape index (κ2) is 6.79. The molecule has 3 unspecified atom stereocenters. The number of benzene rings is 1. The Morgan fingerprint density at radius 2 is 1.88 bits per heavy atom. The van der Waals surface area contributed by atoms with Crippen molar-refractivity contribution in [3.8, 4) is 0 Å². The molecule has 0 spiro atoms. The average molecular weight is 343 g/mol. The molecule has 3 aliphatic heterocycles. The van der Waals surface area contributed by atoms with Crippen LogP contribution in [0.2, 0.25) is 0 Å². The van der Waals surface area contributed by atoms with E-state index in [-0.39, 0.29) is 17.9 Å². The Balaban J connectivity index is 1.33. The number of fused-ring (bicyclic) bond motifs is 2. The molecule has 3 heterocycles. The van der Waals surface area contributed by atoms with E-state index >= 15 is 0 Å². The van der Waals surface area contributed by atoms with Gasteiger partial charge >= 0.3 is 5.97 Å². The van der Waals surface area contributed by atoms with Gasteiger partial charge in [-0.1, -0.05) is 18.2 Å². The number of rotatable bonds is 4. The number of carbonyl (C=O) groups excluding carboxylic acids is 1. The van der Waals surface area contributed by atoms with Gasteiger partial charge in [-0.05, 0) is 56.1 Å². The fourth-order valence-electron chi connectivity index (χ4n) is 4.71. The van der Waals surface area contributed by atoms with Gasteiger partial charge in [-0.15, -0.1) is 0 Å². The quantitative estimate of drug-likeness (QED) is 0.913. The first-order valence-corrected chi connectivity index (χ1v) is 9.37. The highest BCUT2D eigenvalue weighted by atomic mass is 16.5. The van der Waals surface area contributed by atoms with E-state index in [0.717, 1.165) is 57.2 Å². The first-order chi connectivity index (χ1) is 12.1. The zero-order chi connectivity index (χ0) is 17.4. The van der Waals surface area contributed by atoms with Gasteiger partial charge in [0.05, 0.1) is 23.7 Å². The molecule has 134 valence electrons. The van der Waals surface area contributed by atoms with Crippen molar-refractivity contribution in [2.24, 2.45) is 11.8 Å². The smallest absolute Gasteiger partial charge is 0.335 e. The molecule has 1 aromatic carbocycles. The van der Waals surface area contributed by atoms with Crippen LogP contribution in [-0.4, -0.2) is 47.2 Å². The molecule has 0 saturated carbocycles. The van der Waals surface area contributed by atoms with Crippen LogP contribution in [0.25, 0.3) is 0 Å². The molecule has 5 heteroatoms. The third-order valence-corrected chi connectivity index (χ3v) is 6.11. The molecule has 0 aliphatic carbocycles. The van der Waals surface area contributed by atoms with E-state index in [1.807, 2.05) is 17.0 Å². The molecule has 3 aliphatic rings. The van der Waals surface area contributed by atoms with Crippen LogP contribution in [0.5, 0.6) is 0 Å². The van der Waals surface area contributed by atoms with Crippen LogP contribution in [0, 0.1) is 11.8 Å². The van der Waals surface area contributed by atoms with Crippen LogP contribution in [0.4, 0.5) is 0 Å². The molecule has 1 aromatic rings. The fourth-order valence-corrected chi connectivity index (χ4v) is 4.71. The lowest BCUT2D eigenvalue weighted by Crippen LogP contribution is -2.44. The lowest BCUT2D eigenvalue weighted by Gasteiger charge is -2.35. The van der Waals surface area contributed by atoms with E-state index in [9.17, 15) is 14.7 Å². The largest absolute Gasteiger partial charge is 0.478 e. The van der Waals surface area contributed by atoms with E-state index < -0.39 is 5.97 Å². The number of carboxylic acid groups (broad SMARTS) is 1. The second-order valence-corrected chi connectivity index (χ2v) is 7.65. The van der Waals surface area contributed by atoms with Crippen molar-refractivity contribution < 1.29 is 19.4 Å². The van der Waals surface area contributed by atoms with Crippen molar-refractivity contribution in [3.05, 3.63) is 35.4 Å². The van der Waals surface area contributed by atoms with Crippen LogP contribution in [0.1, 0.15) is 48.0 Å². The minimum absolute atomic E-state index is 0.0723. The van der Waals surface area contributed by atoms with Crippen LogP contribution in [0.15, 0.2) is 24.3 Å². The van der Waals surface area contributed by atoms with Gasteiger partial charge in [0, 0.05) is 13.1 Å². The maximum absolute atomic E-state index is 12.8. The number of ether oxygens (including phenoxy) is 1. The van der Waals surface area contributed by atoms with E-state index in [4.69, 9.17) is 4.74 Å². The van der Waals surface area contributed by atoms with E-state index in [0.29, 0.717) is 17.6 Å². The number of aromatic carboxylic acids is 1. The molecule has 0 radical (unpaired) electrons. The fraction of sp³-hybridized carbons (Fsp3) is 0.600. The van der Waals surface area contributed by atoms with Crippen molar-refractivity contribution in [1.82, 2.24) is 4.90 Å². The predicted octanol–water partition coefficient (Wildman–Crippen LogP) is 2.73. The number of hydrogen-bond acceptors (Lipinski definition) is 3. The van der Waals surface area contributed by atoms with Crippen molar-refractivity contribution in [2.45, 2.75) is 50.7 Å². The molecular formula is C20H25NO4. The summed E-state index contributed by atoms with van der Waals surface area (Å²) in [6, 6.07) is 7.25. The summed E-state index contributed by atoms with van der Waals surface area (Å²) < 4.78 is 5.83. The molecule has 25 heavy (non-hydrogen) atoms. The minimum atomic E-state index is -0.862. The summed E-state index contributed by atoms with van der Waals surface area (Å²) in [5.41, 5.74) is 1.31. The maximum atomic E-state index is 12.8. The number of carboxylic acids is 1. The molecule has 1 N–H and O–H groups in total. The lowest BCUT2D eigenvalue weighted by atomic mass is 9.85. The Hall–Kier alpha value is -1.88. The third kappa shape index (κ3) is 3.30. The van der Waals surface area contributed by atoms with Gasteiger partial charge in [0.15, 0.2) is 0 Å². The van der Waals surface area contributed by atoms with Crippen molar-refractivity contribution in [3.63, 3.8) is 0 Å². The summed E-state index contributed by atoms with van der Waals surface area (Å²) in [5.74, 6) is -0.0695. The highest BCUT2D eigenvalue weighted by Crippen LogP contribution is 2.40. The number of nitrogens with zero attached hydrogens (tertiary/aromatic N) is 1. The molecule has 3 atom stereocenters. The zero-order valence-electron chi connectivity index (χ0n) is 14.4. The number of hydrogen-bond donors (Lipinski definition) is 1. The van der Waals surface area contributed by atoms with E-state index in [1.54, 1.807) is 12.1 Å². The summed E-state index contributed by atoms with van der Waals surface area (Å²) in [4.78, 5) is 26.1. The average Bonchev–Trinajstić information content (AvgIpc) is 3.25. The highest BCUT2D eigenvalue weighted by molar-refractivity contribution is 5.89. The number of carbonyl (C=O) groups is 2. The first kappa shape index (κ1) is 16.6. The third-order valence-electron chi connectivity index (χ3n) is 6.11. The molecule has 3 saturated heterocycles. The maximum Gasteiger partial charge on any atom is 0.335 e. The van der Waals surface area contributed by atoms with Gasteiger partial charge in [0.25, 0.3) is 0 Å². The number of amides is 1. The minimum Gasteiger partial charge on any atom is -0.478 e. The van der Waals surface area contributed by atoms with Gasteiger partial charge in [-0.2, -0.15) is 0 Å². The predicted molar refractivity (Wildman–Crippen MR) is 92.4 cm³/mol. The summed E-state index contributed by atoms with van der Waals surface area (Å²) in [6.45, 7) is 1.57. The van der Waals surface area contributed by atoms with Gasteiger partial charge in [0.1, 0.15) is 0 Å². The monoisotopic (exact) mass is 343 g/mol. The van der Waals surface area contributed by atoms with Crippen molar-refractivity contribution >= 4 is 11.9 Å². The summed E-state index contributed by atoms with van der Waals surface area (Å²) in [7, 11) is 0. The Morgan fingerprint density at radius 3 is 2.52 bits per heavy atom. The molecular weight excluding hydrogens is 318 g/mol. The summed E-state index contributed by atoms with van der Waals surface area (Å²) in [6.07, 6.45) is 6.17. The molecule has 1 amide bonds. The lowest BCUT2D eigenvalue weighted by molar-refractivity contribution is -0.138. The van der Waals surface area contributed by atoms with Gasteiger partial charge in [-0.25, -0.2) is 4.79 Å². The molecule has 3 fully saturated rings. The highest BCUT2D eigenvalue weighted by Gasteiger charge is 2.46.